The quantitative estimate of drug-likeness (QED) is 0.828. The first kappa shape index (κ1) is 17.5. The van der Waals surface area contributed by atoms with Crippen LogP contribution in [0.5, 0.6) is 5.75 Å². The summed E-state index contributed by atoms with van der Waals surface area (Å²) in [6.07, 6.45) is 3.46. The Morgan fingerprint density at radius 2 is 1.88 bits per heavy atom. The van der Waals surface area contributed by atoms with Crippen LogP contribution in [-0.2, 0) is 20.9 Å². The topological polar surface area (TPSA) is 75.7 Å². The lowest BCUT2D eigenvalue weighted by molar-refractivity contribution is -0.147. The molecular weight excluding hydrogens is 320 g/mol. The molecule has 134 valence electrons. The molecule has 1 N–H and O–H groups in total. The molecule has 3 rings (SSSR count). The SMILES string of the molecule is COc1cccc(CNC(=O)C(C)N2C(=O)C3CCCCC3C2=O)c1. The number of ether oxygens (including phenoxy) is 1. The van der Waals surface area contributed by atoms with Crippen molar-refractivity contribution in [2.45, 2.75) is 45.2 Å². The predicted molar refractivity (Wildman–Crippen MR) is 91.6 cm³/mol. The molecular formula is C19H24N2O4. The van der Waals surface area contributed by atoms with Crippen LogP contribution in [0.3, 0.4) is 0 Å². The highest BCUT2D eigenvalue weighted by atomic mass is 16.5. The summed E-state index contributed by atoms with van der Waals surface area (Å²) in [5.74, 6) is -0.417. The number of imide groups is 1. The Bertz CT molecular complexity index is 664. The van der Waals surface area contributed by atoms with Crippen LogP contribution in [0.4, 0.5) is 0 Å². The maximum absolute atomic E-state index is 12.6. The molecule has 2 aliphatic rings. The molecule has 1 aliphatic carbocycles. The van der Waals surface area contributed by atoms with Crippen LogP contribution in [0.2, 0.25) is 0 Å². The molecule has 25 heavy (non-hydrogen) atoms. The lowest BCUT2D eigenvalue weighted by Crippen LogP contribution is -2.48. The molecule has 0 aromatic heterocycles. The Balaban J connectivity index is 1.63. The van der Waals surface area contributed by atoms with Crippen molar-refractivity contribution < 1.29 is 19.1 Å². The molecule has 0 spiro atoms. The van der Waals surface area contributed by atoms with Gasteiger partial charge in [-0.2, -0.15) is 0 Å². The second-order valence-electron chi connectivity index (χ2n) is 6.79. The molecule has 3 unspecified atom stereocenters. The number of hydrogen-bond acceptors (Lipinski definition) is 4. The number of rotatable bonds is 5. The number of nitrogens with zero attached hydrogens (tertiary/aromatic N) is 1. The Hall–Kier alpha value is -2.37. The van der Waals surface area contributed by atoms with E-state index in [0.29, 0.717) is 12.3 Å². The summed E-state index contributed by atoms with van der Waals surface area (Å²) in [6, 6.07) is 6.62. The van der Waals surface area contributed by atoms with Crippen LogP contribution in [0.15, 0.2) is 24.3 Å². The Morgan fingerprint density at radius 1 is 1.24 bits per heavy atom. The van der Waals surface area contributed by atoms with Gasteiger partial charge in [-0.25, -0.2) is 0 Å². The monoisotopic (exact) mass is 344 g/mol. The zero-order valence-electron chi connectivity index (χ0n) is 14.7. The summed E-state index contributed by atoms with van der Waals surface area (Å²) in [4.78, 5) is 38.8. The van der Waals surface area contributed by atoms with Gasteiger partial charge in [0, 0.05) is 6.54 Å². The van der Waals surface area contributed by atoms with Gasteiger partial charge in [0.25, 0.3) is 0 Å². The van der Waals surface area contributed by atoms with Gasteiger partial charge in [0.05, 0.1) is 18.9 Å². The van der Waals surface area contributed by atoms with Gasteiger partial charge < -0.3 is 10.1 Å². The second-order valence-corrected chi connectivity index (χ2v) is 6.79. The molecule has 0 radical (unpaired) electrons. The Morgan fingerprint density at radius 3 is 2.48 bits per heavy atom. The zero-order chi connectivity index (χ0) is 18.0. The van der Waals surface area contributed by atoms with Gasteiger partial charge in [-0.15, -0.1) is 0 Å². The van der Waals surface area contributed by atoms with Crippen molar-refractivity contribution in [3.8, 4) is 5.75 Å². The first-order chi connectivity index (χ1) is 12.0. The third kappa shape index (κ3) is 3.38. The smallest absolute Gasteiger partial charge is 0.243 e. The molecule has 0 bridgehead atoms. The van der Waals surface area contributed by atoms with Crippen molar-refractivity contribution in [2.75, 3.05) is 7.11 Å². The maximum atomic E-state index is 12.6. The fraction of sp³-hybridized carbons (Fsp3) is 0.526. The standard InChI is InChI=1S/C19H24N2O4/c1-12(17(22)20-11-13-6-5-7-14(10-13)25-2)21-18(23)15-8-3-4-9-16(15)19(21)24/h5-7,10,12,15-16H,3-4,8-9,11H2,1-2H3,(H,20,22). The van der Waals surface area contributed by atoms with Crippen molar-refractivity contribution >= 4 is 17.7 Å². The van der Waals surface area contributed by atoms with Crippen molar-refractivity contribution in [1.29, 1.82) is 0 Å². The average molecular weight is 344 g/mol. The van der Waals surface area contributed by atoms with E-state index in [1.54, 1.807) is 14.0 Å². The van der Waals surface area contributed by atoms with E-state index in [-0.39, 0.29) is 29.6 Å². The lowest BCUT2D eigenvalue weighted by atomic mass is 9.81. The van der Waals surface area contributed by atoms with Crippen LogP contribution in [0.1, 0.15) is 38.2 Å². The van der Waals surface area contributed by atoms with Gasteiger partial charge in [-0.1, -0.05) is 25.0 Å². The molecule has 1 aromatic carbocycles. The van der Waals surface area contributed by atoms with E-state index in [9.17, 15) is 14.4 Å². The van der Waals surface area contributed by atoms with Crippen LogP contribution in [0, 0.1) is 11.8 Å². The molecule has 3 atom stereocenters. The van der Waals surface area contributed by atoms with Crippen LogP contribution >= 0.6 is 0 Å². The molecule has 1 saturated heterocycles. The number of amides is 3. The molecule has 2 fully saturated rings. The molecule has 3 amide bonds. The maximum Gasteiger partial charge on any atom is 0.243 e. The normalized spacial score (nSPS) is 24.0. The predicted octanol–water partition coefficient (Wildman–Crippen LogP) is 1.88. The molecule has 6 heteroatoms. The molecule has 6 nitrogen and oxygen atoms in total. The highest BCUT2D eigenvalue weighted by Gasteiger charge is 2.50. The van der Waals surface area contributed by atoms with E-state index in [4.69, 9.17) is 4.74 Å². The number of nitrogens with one attached hydrogen (secondary N) is 1. The number of carbonyl (C=O) groups excluding carboxylic acids is 3. The third-order valence-corrected chi connectivity index (χ3v) is 5.24. The number of benzene rings is 1. The van der Waals surface area contributed by atoms with E-state index in [2.05, 4.69) is 5.32 Å². The first-order valence-corrected chi connectivity index (χ1v) is 8.80. The molecule has 1 aliphatic heterocycles. The number of fused-ring (bicyclic) bond motifs is 1. The van der Waals surface area contributed by atoms with Crippen LogP contribution in [-0.4, -0.2) is 35.8 Å². The minimum Gasteiger partial charge on any atom is -0.497 e. The molecule has 1 heterocycles. The van der Waals surface area contributed by atoms with Crippen LogP contribution in [0.25, 0.3) is 0 Å². The summed E-state index contributed by atoms with van der Waals surface area (Å²) < 4.78 is 5.16. The van der Waals surface area contributed by atoms with Gasteiger partial charge in [-0.3, -0.25) is 19.3 Å². The molecule has 1 aromatic rings. The van der Waals surface area contributed by atoms with Crippen molar-refractivity contribution in [3.63, 3.8) is 0 Å². The van der Waals surface area contributed by atoms with Crippen molar-refractivity contribution in [3.05, 3.63) is 29.8 Å². The number of likely N-dealkylation sites (tertiary alicyclic amines) is 1. The van der Waals surface area contributed by atoms with E-state index < -0.39 is 6.04 Å². The highest BCUT2D eigenvalue weighted by Crippen LogP contribution is 2.38. The van der Waals surface area contributed by atoms with Gasteiger partial charge in [0.15, 0.2) is 0 Å². The van der Waals surface area contributed by atoms with E-state index >= 15 is 0 Å². The van der Waals surface area contributed by atoms with Gasteiger partial charge in [0.1, 0.15) is 11.8 Å². The Kier molecular flexibility index (Phi) is 5.06. The fourth-order valence-electron chi connectivity index (χ4n) is 3.81. The van der Waals surface area contributed by atoms with Gasteiger partial charge >= 0.3 is 0 Å². The third-order valence-electron chi connectivity index (χ3n) is 5.24. The summed E-state index contributed by atoms with van der Waals surface area (Å²) in [5, 5.41) is 2.81. The first-order valence-electron chi connectivity index (χ1n) is 8.80. The summed E-state index contributed by atoms with van der Waals surface area (Å²) >= 11 is 0. The fourth-order valence-corrected chi connectivity index (χ4v) is 3.81. The number of methoxy groups -OCH3 is 1. The summed E-state index contributed by atoms with van der Waals surface area (Å²) in [7, 11) is 1.59. The van der Waals surface area contributed by atoms with E-state index in [0.717, 1.165) is 31.2 Å². The van der Waals surface area contributed by atoms with Gasteiger partial charge in [0.2, 0.25) is 17.7 Å². The van der Waals surface area contributed by atoms with Crippen molar-refractivity contribution in [1.82, 2.24) is 10.2 Å². The largest absolute Gasteiger partial charge is 0.497 e. The van der Waals surface area contributed by atoms with E-state index in [1.165, 1.54) is 4.90 Å². The minimum absolute atomic E-state index is 0.182. The minimum atomic E-state index is -0.781. The van der Waals surface area contributed by atoms with E-state index in [1.807, 2.05) is 24.3 Å². The van der Waals surface area contributed by atoms with Crippen LogP contribution < -0.4 is 10.1 Å². The zero-order valence-corrected chi connectivity index (χ0v) is 14.7. The molecule has 1 saturated carbocycles. The van der Waals surface area contributed by atoms with Gasteiger partial charge in [-0.05, 0) is 37.5 Å². The lowest BCUT2D eigenvalue weighted by Gasteiger charge is -2.22. The summed E-state index contributed by atoms with van der Waals surface area (Å²) in [5.41, 5.74) is 0.896. The number of carbonyl (C=O) groups is 3. The Labute approximate surface area is 147 Å². The van der Waals surface area contributed by atoms with Crippen molar-refractivity contribution in [2.24, 2.45) is 11.8 Å². The average Bonchev–Trinajstić information content (AvgIpc) is 2.90. The second kappa shape index (κ2) is 7.25. The highest BCUT2D eigenvalue weighted by molar-refractivity contribution is 6.08. The summed E-state index contributed by atoms with van der Waals surface area (Å²) in [6.45, 7) is 1.94. The number of hydrogen-bond donors (Lipinski definition) is 1.